The molecular formula is C54H75N7O8. The fourth-order valence-electron chi connectivity index (χ4n) is 7.24. The number of nitrogens with one attached hydrogen (secondary N) is 1. The van der Waals surface area contributed by atoms with Gasteiger partial charge in [-0.05, 0) is 90.6 Å². The molecule has 4 aromatic heterocycles. The molecule has 0 spiro atoms. The summed E-state index contributed by atoms with van der Waals surface area (Å²) < 4.78 is 32.7. The van der Waals surface area contributed by atoms with Crippen LogP contribution in [0.2, 0.25) is 0 Å². The van der Waals surface area contributed by atoms with Crippen molar-refractivity contribution in [2.75, 3.05) is 19.0 Å². The van der Waals surface area contributed by atoms with Gasteiger partial charge in [-0.25, -0.2) is 19.9 Å². The Bertz CT molecular complexity index is 2760. The zero-order chi connectivity index (χ0) is 51.7. The molecule has 0 unspecified atom stereocenters. The van der Waals surface area contributed by atoms with Gasteiger partial charge in [-0.3, -0.25) is 14.4 Å². The number of ether oxygens (including phenoxy) is 3. The minimum atomic E-state index is -0.579. The fourth-order valence-corrected chi connectivity index (χ4v) is 7.24. The summed E-state index contributed by atoms with van der Waals surface area (Å²) in [6.45, 7) is 37.4. The summed E-state index contributed by atoms with van der Waals surface area (Å²) in [7, 11) is 1.59. The Labute approximate surface area is 408 Å². The zero-order valence-electron chi connectivity index (χ0n) is 44.0. The van der Waals surface area contributed by atoms with Crippen LogP contribution in [0.4, 0.5) is 5.95 Å². The highest BCUT2D eigenvalue weighted by atomic mass is 16.6. The lowest BCUT2D eigenvalue weighted by Gasteiger charge is -2.19. The number of esters is 1. The number of aromatic nitrogens is 6. The number of imidazole rings is 2. The number of ketones is 2. The number of carbonyl (C=O) groups is 3. The average molecular weight is 950 g/mol. The lowest BCUT2D eigenvalue weighted by Crippen LogP contribution is -2.24. The van der Waals surface area contributed by atoms with Gasteiger partial charge in [-0.2, -0.15) is 0 Å². The van der Waals surface area contributed by atoms with E-state index < -0.39 is 5.60 Å². The molecule has 374 valence electrons. The molecule has 15 heteroatoms. The van der Waals surface area contributed by atoms with Crippen molar-refractivity contribution in [2.24, 2.45) is 0 Å². The number of methoxy groups -OCH3 is 1. The van der Waals surface area contributed by atoms with E-state index in [2.05, 4.69) is 35.4 Å². The summed E-state index contributed by atoms with van der Waals surface area (Å²) in [5, 5.41) is 3.33. The van der Waals surface area contributed by atoms with Crippen LogP contribution in [-0.2, 0) is 35.5 Å². The standard InChI is InChI=1S/C41H50N6O7.C9H13NO.2C2H6/c1-11-30-39(53-27(6)44-30)24(3)42-40-45-32-20-28(25(4)48)22-35(52-19-15-16-36(50)54-41(7,8)9)38(32)47(40)18-14-13-17-46-26(5)43-31-21-29(33(49)12-2)23-34(51-10)37(31)46;1-5-8-9(6(2)3)11-7(4)10-8;2*1-2/h13-14,20-23H,3,11-12,15-19H2,1-2,4-10H3,(H,42,45);2,5H2,1,3-4H3;2*1-2H3/b14-13+;;;. The molecule has 69 heavy (non-hydrogen) atoms. The quantitative estimate of drug-likeness (QED) is 0.0351. The second-order valence-corrected chi connectivity index (χ2v) is 16.7. The predicted molar refractivity (Wildman–Crippen MR) is 276 cm³/mol. The third-order valence-corrected chi connectivity index (χ3v) is 10.2. The van der Waals surface area contributed by atoms with Crippen molar-refractivity contribution in [1.82, 2.24) is 29.1 Å². The molecule has 0 aliphatic heterocycles. The number of Topliss-reactive ketones (excluding diaryl/α,β-unsaturated/α-hetero) is 2. The molecule has 0 aliphatic rings. The Morgan fingerprint density at radius 2 is 1.29 bits per heavy atom. The van der Waals surface area contributed by atoms with Crippen molar-refractivity contribution in [3.63, 3.8) is 0 Å². The van der Waals surface area contributed by atoms with E-state index >= 15 is 0 Å². The first-order chi connectivity index (χ1) is 32.8. The Morgan fingerprint density at radius 3 is 1.83 bits per heavy atom. The first-order valence-corrected chi connectivity index (χ1v) is 24.0. The van der Waals surface area contributed by atoms with Crippen molar-refractivity contribution in [2.45, 2.75) is 155 Å². The van der Waals surface area contributed by atoms with Crippen LogP contribution in [0.15, 0.2) is 58.4 Å². The number of allylic oxidation sites excluding steroid dienone is 3. The third kappa shape index (κ3) is 14.9. The molecular weight excluding hydrogens is 875 g/mol. The smallest absolute Gasteiger partial charge is 0.306 e. The number of carbonyl (C=O) groups excluding carboxylic acids is 3. The second-order valence-electron chi connectivity index (χ2n) is 16.7. The maximum absolute atomic E-state index is 12.6. The lowest BCUT2D eigenvalue weighted by molar-refractivity contribution is -0.155. The lowest BCUT2D eigenvalue weighted by atomic mass is 10.1. The van der Waals surface area contributed by atoms with Crippen molar-refractivity contribution in [1.29, 1.82) is 0 Å². The number of anilines is 1. The number of benzene rings is 2. The Morgan fingerprint density at radius 1 is 0.754 bits per heavy atom. The van der Waals surface area contributed by atoms with Gasteiger partial charge in [0.2, 0.25) is 5.95 Å². The second kappa shape index (κ2) is 26.1. The zero-order valence-corrected chi connectivity index (χ0v) is 44.0. The van der Waals surface area contributed by atoms with Crippen LogP contribution in [-0.4, -0.2) is 65.9 Å². The van der Waals surface area contributed by atoms with Crippen molar-refractivity contribution in [3.8, 4) is 11.5 Å². The van der Waals surface area contributed by atoms with Gasteiger partial charge in [-0.1, -0.05) is 73.8 Å². The maximum atomic E-state index is 12.6. The molecule has 15 nitrogen and oxygen atoms in total. The molecule has 0 fully saturated rings. The highest BCUT2D eigenvalue weighted by molar-refractivity contribution is 6.01. The van der Waals surface area contributed by atoms with Crippen molar-refractivity contribution in [3.05, 3.63) is 101 Å². The first kappa shape index (κ1) is 56.6. The molecule has 0 saturated heterocycles. The maximum Gasteiger partial charge on any atom is 0.306 e. The number of hydrogen-bond donors (Lipinski definition) is 1. The van der Waals surface area contributed by atoms with Gasteiger partial charge in [0, 0.05) is 50.9 Å². The number of fused-ring (bicyclic) bond motifs is 2. The molecule has 1 N–H and O–H groups in total. The Balaban J connectivity index is 0.000000725. The van der Waals surface area contributed by atoms with Crippen LogP contribution in [0.25, 0.3) is 33.3 Å². The van der Waals surface area contributed by atoms with E-state index in [9.17, 15) is 14.4 Å². The molecule has 6 aromatic rings. The molecule has 0 radical (unpaired) electrons. The Hall–Kier alpha value is -6.77. The van der Waals surface area contributed by atoms with E-state index in [0.29, 0.717) is 94.8 Å². The first-order valence-electron chi connectivity index (χ1n) is 24.0. The minimum absolute atomic E-state index is 0.0214. The summed E-state index contributed by atoms with van der Waals surface area (Å²) in [4.78, 5) is 55.8. The molecule has 2 aromatic carbocycles. The summed E-state index contributed by atoms with van der Waals surface area (Å²) in [6, 6.07) is 7.02. The van der Waals surface area contributed by atoms with E-state index in [4.69, 9.17) is 33.0 Å². The van der Waals surface area contributed by atoms with Crippen LogP contribution in [0, 0.1) is 20.8 Å². The van der Waals surface area contributed by atoms with Crippen molar-refractivity contribution < 1.29 is 37.4 Å². The van der Waals surface area contributed by atoms with E-state index in [1.165, 1.54) is 6.92 Å². The summed E-state index contributed by atoms with van der Waals surface area (Å²) in [5.41, 5.74) is 6.31. The van der Waals surface area contributed by atoms with Crippen LogP contribution in [0.1, 0.15) is 164 Å². The van der Waals surface area contributed by atoms with E-state index in [0.717, 1.165) is 46.4 Å². The number of aryl methyl sites for hydroxylation is 5. The minimum Gasteiger partial charge on any atom is -0.494 e. The van der Waals surface area contributed by atoms with Gasteiger partial charge >= 0.3 is 5.97 Å². The average Bonchev–Trinajstić information content (AvgIpc) is 4.08. The fraction of sp³-hybridized carbons (Fsp3) is 0.463. The van der Waals surface area contributed by atoms with E-state index in [1.54, 1.807) is 32.2 Å². The number of rotatable bonds is 19. The number of nitrogens with zero attached hydrogens (tertiary/aromatic N) is 6. The predicted octanol–water partition coefficient (Wildman–Crippen LogP) is 12.8. The summed E-state index contributed by atoms with van der Waals surface area (Å²) >= 11 is 0. The number of oxazole rings is 2. The SMILES string of the molecule is C=C(C)c1oc(C)nc1CC.C=C(Nc1nc2cc(C(C)=O)cc(OCCCC(=O)OC(C)(C)C)c2n1C/C=C/Cn1c(C)nc2cc(C(=O)CC)cc(OC)c21)c1oc(C)nc1CC.CC.CC. The molecule has 6 rings (SSSR count). The van der Waals surface area contributed by atoms with Gasteiger partial charge in [-0.15, -0.1) is 0 Å². The largest absolute Gasteiger partial charge is 0.494 e. The van der Waals surface area contributed by atoms with Gasteiger partial charge in [0.05, 0.1) is 41.8 Å². The molecule has 4 heterocycles. The van der Waals surface area contributed by atoms with Gasteiger partial charge < -0.3 is 37.5 Å². The molecule has 0 saturated carbocycles. The highest BCUT2D eigenvalue weighted by Crippen LogP contribution is 2.34. The molecule has 0 bridgehead atoms. The van der Waals surface area contributed by atoms with Crippen LogP contribution in [0.3, 0.4) is 0 Å². The Kier molecular flexibility index (Phi) is 21.4. The van der Waals surface area contributed by atoms with Gasteiger partial charge in [0.1, 0.15) is 34.0 Å². The van der Waals surface area contributed by atoms with Crippen LogP contribution in [0.5, 0.6) is 11.5 Å². The molecule has 0 aliphatic carbocycles. The van der Waals surface area contributed by atoms with E-state index in [-0.39, 0.29) is 30.6 Å². The molecule has 0 atom stereocenters. The van der Waals surface area contributed by atoms with Crippen molar-refractivity contribution >= 4 is 56.8 Å². The third-order valence-electron chi connectivity index (χ3n) is 10.2. The summed E-state index contributed by atoms with van der Waals surface area (Å²) in [6.07, 6.45) is 6.56. The normalized spacial score (nSPS) is 11.0. The van der Waals surface area contributed by atoms with E-state index in [1.807, 2.05) is 110 Å². The number of hydrogen-bond acceptors (Lipinski definition) is 13. The van der Waals surface area contributed by atoms with Crippen LogP contribution < -0.4 is 14.8 Å². The van der Waals surface area contributed by atoms with Gasteiger partial charge in [0.25, 0.3) is 0 Å². The monoisotopic (exact) mass is 950 g/mol. The van der Waals surface area contributed by atoms with Crippen LogP contribution >= 0.6 is 0 Å². The van der Waals surface area contributed by atoms with Gasteiger partial charge in [0.15, 0.2) is 34.9 Å². The molecule has 0 amide bonds. The summed E-state index contributed by atoms with van der Waals surface area (Å²) in [5.74, 6) is 4.46. The highest BCUT2D eigenvalue weighted by Gasteiger charge is 2.22. The topological polar surface area (TPSA) is 179 Å².